The number of aliphatic hydroxyl groups excluding tert-OH is 1. The molecule has 0 bridgehead atoms. The molecule has 0 aliphatic heterocycles. The maximum Gasteiger partial charge on any atom is 0.261 e. The summed E-state index contributed by atoms with van der Waals surface area (Å²) in [5.41, 5.74) is 0.896. The number of nitrogens with one attached hydrogen (secondary N) is 1. The summed E-state index contributed by atoms with van der Waals surface area (Å²) in [4.78, 5) is 14.0. The molecule has 0 unspecified atom stereocenters. The van der Waals surface area contributed by atoms with Crippen molar-refractivity contribution in [2.45, 2.75) is 25.7 Å². The average Bonchev–Trinajstić information content (AvgIpc) is 3.32. The number of amides is 1. The Morgan fingerprint density at radius 1 is 1.20 bits per heavy atom. The number of rotatable bonds is 7. The van der Waals surface area contributed by atoms with E-state index in [0.717, 1.165) is 15.3 Å². The van der Waals surface area contributed by atoms with Gasteiger partial charge in [0.25, 0.3) is 5.91 Å². The van der Waals surface area contributed by atoms with Crippen LogP contribution in [0.5, 0.6) is 5.75 Å². The largest absolute Gasteiger partial charge is 0.481 e. The lowest BCUT2D eigenvalue weighted by Crippen LogP contribution is -2.35. The van der Waals surface area contributed by atoms with Crippen molar-refractivity contribution in [2.24, 2.45) is 0 Å². The van der Waals surface area contributed by atoms with Crippen molar-refractivity contribution in [1.29, 1.82) is 0 Å². The first-order chi connectivity index (χ1) is 12.1. The predicted molar refractivity (Wildman–Crippen MR) is 101 cm³/mol. The molecular weight excluding hydrogens is 354 g/mol. The van der Waals surface area contributed by atoms with E-state index in [1.165, 1.54) is 11.3 Å². The number of carbonyl (C=O) groups is 1. The van der Waals surface area contributed by atoms with Crippen LogP contribution in [0, 0.1) is 0 Å². The fraction of sp³-hybridized carbons (Fsp3) is 0.211. The summed E-state index contributed by atoms with van der Waals surface area (Å²) in [6, 6.07) is 15.0. The molecule has 2 N–H and O–H groups in total. The van der Waals surface area contributed by atoms with Crippen LogP contribution in [0.2, 0.25) is 0 Å². The van der Waals surface area contributed by atoms with Crippen LogP contribution in [-0.2, 0) is 11.3 Å². The van der Waals surface area contributed by atoms with Crippen LogP contribution in [0.3, 0.4) is 0 Å². The van der Waals surface area contributed by atoms with Gasteiger partial charge in [0.05, 0.1) is 6.54 Å². The van der Waals surface area contributed by atoms with Gasteiger partial charge in [-0.1, -0.05) is 18.2 Å². The lowest BCUT2D eigenvalue weighted by atomic mass is 10.2. The van der Waals surface area contributed by atoms with Crippen LogP contribution in [0.25, 0.3) is 0 Å². The smallest absolute Gasteiger partial charge is 0.261 e. The second kappa shape index (κ2) is 8.29. The number of aliphatic hydroxyl groups is 1. The molecule has 0 aliphatic rings. The van der Waals surface area contributed by atoms with E-state index in [4.69, 9.17) is 4.74 Å². The average molecular weight is 373 g/mol. The van der Waals surface area contributed by atoms with Crippen molar-refractivity contribution in [3.8, 4) is 5.75 Å². The number of hydrogen-bond acceptors (Lipinski definition) is 5. The number of ether oxygens (including phenoxy) is 1. The summed E-state index contributed by atoms with van der Waals surface area (Å²) < 4.78 is 5.61. The molecule has 130 valence electrons. The zero-order chi connectivity index (χ0) is 17.6. The molecule has 4 nitrogen and oxygen atoms in total. The Morgan fingerprint density at radius 2 is 2.00 bits per heavy atom. The van der Waals surface area contributed by atoms with Crippen molar-refractivity contribution in [3.05, 3.63) is 74.6 Å². The molecule has 3 rings (SSSR count). The highest BCUT2D eigenvalue weighted by Gasteiger charge is 2.16. The van der Waals surface area contributed by atoms with E-state index < -0.39 is 12.2 Å². The Hall–Kier alpha value is -2.15. The number of para-hydroxylation sites is 1. The lowest BCUT2D eigenvalue weighted by molar-refractivity contribution is -0.127. The molecule has 6 heteroatoms. The van der Waals surface area contributed by atoms with E-state index in [2.05, 4.69) is 5.32 Å². The van der Waals surface area contributed by atoms with Crippen LogP contribution in [0.4, 0.5) is 0 Å². The minimum atomic E-state index is -0.610. The third-order valence-electron chi connectivity index (χ3n) is 3.67. The van der Waals surface area contributed by atoms with E-state index in [1.807, 2.05) is 59.3 Å². The van der Waals surface area contributed by atoms with Crippen LogP contribution < -0.4 is 10.1 Å². The quantitative estimate of drug-likeness (QED) is 0.659. The number of benzene rings is 1. The third kappa shape index (κ3) is 4.69. The monoisotopic (exact) mass is 373 g/mol. The molecule has 0 fully saturated rings. The van der Waals surface area contributed by atoms with Crippen LogP contribution >= 0.6 is 22.7 Å². The predicted octanol–water partition coefficient (Wildman–Crippen LogP) is 3.98. The number of hydrogen-bond donors (Lipinski definition) is 2. The molecule has 1 aromatic carbocycles. The van der Waals surface area contributed by atoms with Crippen LogP contribution in [-0.4, -0.2) is 17.1 Å². The van der Waals surface area contributed by atoms with Crippen molar-refractivity contribution in [2.75, 3.05) is 0 Å². The Bertz CT molecular complexity index is 799. The molecule has 3 aromatic rings. The fourth-order valence-corrected chi connectivity index (χ4v) is 3.95. The minimum Gasteiger partial charge on any atom is -0.481 e. The Labute approximate surface area is 154 Å². The molecule has 2 atom stereocenters. The molecular formula is C19H19NO3S2. The molecule has 0 saturated heterocycles. The summed E-state index contributed by atoms with van der Waals surface area (Å²) in [5.74, 6) is 0.500. The number of carbonyl (C=O) groups excluding carboxylic acids is 1. The summed E-state index contributed by atoms with van der Waals surface area (Å²) in [6.07, 6.45) is -1.18. The van der Waals surface area contributed by atoms with Gasteiger partial charge < -0.3 is 15.2 Å². The van der Waals surface area contributed by atoms with E-state index in [1.54, 1.807) is 18.3 Å². The van der Waals surface area contributed by atoms with Crippen molar-refractivity contribution in [3.63, 3.8) is 0 Å². The molecule has 1 amide bonds. The molecule has 2 aromatic heterocycles. The molecule has 25 heavy (non-hydrogen) atoms. The van der Waals surface area contributed by atoms with Gasteiger partial charge in [-0.2, -0.15) is 11.3 Å². The molecule has 2 heterocycles. The van der Waals surface area contributed by atoms with Crippen molar-refractivity contribution in [1.82, 2.24) is 5.32 Å². The van der Waals surface area contributed by atoms with E-state index in [-0.39, 0.29) is 5.91 Å². The second-order valence-corrected chi connectivity index (χ2v) is 7.53. The van der Waals surface area contributed by atoms with Crippen LogP contribution in [0.15, 0.2) is 59.3 Å². The maximum atomic E-state index is 12.2. The first kappa shape index (κ1) is 17.7. The van der Waals surface area contributed by atoms with Gasteiger partial charge in [-0.25, -0.2) is 0 Å². The fourth-order valence-electron chi connectivity index (χ4n) is 2.31. The van der Waals surface area contributed by atoms with Gasteiger partial charge >= 0.3 is 0 Å². The first-order valence-corrected chi connectivity index (χ1v) is 9.67. The van der Waals surface area contributed by atoms with Gasteiger partial charge in [-0.05, 0) is 53.6 Å². The Morgan fingerprint density at radius 3 is 2.72 bits per heavy atom. The maximum absolute atomic E-state index is 12.2. The second-order valence-electron chi connectivity index (χ2n) is 5.55. The van der Waals surface area contributed by atoms with Crippen LogP contribution in [0.1, 0.15) is 28.3 Å². The van der Waals surface area contributed by atoms with E-state index >= 15 is 0 Å². The van der Waals surface area contributed by atoms with Crippen molar-refractivity contribution >= 4 is 28.6 Å². The Kier molecular flexibility index (Phi) is 5.86. The molecule has 0 saturated carbocycles. The van der Waals surface area contributed by atoms with E-state index in [9.17, 15) is 9.90 Å². The molecule has 0 aliphatic carbocycles. The van der Waals surface area contributed by atoms with Gasteiger partial charge in [0.15, 0.2) is 6.10 Å². The SMILES string of the molecule is C[C@@H](Oc1ccccc1)C(=O)NCc1ccc([C@@H](O)c2ccsc2)s1. The topological polar surface area (TPSA) is 58.6 Å². The highest BCUT2D eigenvalue weighted by atomic mass is 32.1. The standard InChI is InChI=1S/C19H19NO3S2/c1-13(23-15-5-3-2-4-6-15)19(22)20-11-16-7-8-17(25-16)18(21)14-9-10-24-12-14/h2-10,12-13,18,21H,11H2,1H3,(H,20,22)/t13-,18+/m1/s1. The van der Waals surface area contributed by atoms with E-state index in [0.29, 0.717) is 12.3 Å². The first-order valence-electron chi connectivity index (χ1n) is 7.91. The van der Waals surface area contributed by atoms with Gasteiger partial charge in [-0.3, -0.25) is 4.79 Å². The minimum absolute atomic E-state index is 0.169. The Balaban J connectivity index is 1.52. The summed E-state index contributed by atoms with van der Waals surface area (Å²) >= 11 is 3.06. The highest BCUT2D eigenvalue weighted by molar-refractivity contribution is 7.12. The highest BCUT2D eigenvalue weighted by Crippen LogP contribution is 2.29. The molecule has 0 spiro atoms. The number of thiophene rings is 2. The summed E-state index contributed by atoms with van der Waals surface area (Å²) in [7, 11) is 0. The normalized spacial score (nSPS) is 13.2. The zero-order valence-corrected chi connectivity index (χ0v) is 15.3. The summed E-state index contributed by atoms with van der Waals surface area (Å²) in [6.45, 7) is 2.14. The van der Waals surface area contributed by atoms with Gasteiger partial charge in [0, 0.05) is 9.75 Å². The van der Waals surface area contributed by atoms with Gasteiger partial charge in [-0.15, -0.1) is 11.3 Å². The molecule has 0 radical (unpaired) electrons. The van der Waals surface area contributed by atoms with Crippen molar-refractivity contribution < 1.29 is 14.6 Å². The zero-order valence-electron chi connectivity index (χ0n) is 13.7. The third-order valence-corrected chi connectivity index (χ3v) is 5.51. The lowest BCUT2D eigenvalue weighted by Gasteiger charge is -2.14. The van der Waals surface area contributed by atoms with Gasteiger partial charge in [0.2, 0.25) is 0 Å². The summed E-state index contributed by atoms with van der Waals surface area (Å²) in [5, 5.41) is 17.1. The van der Waals surface area contributed by atoms with Gasteiger partial charge in [0.1, 0.15) is 11.9 Å².